The molecule has 2 atom stereocenters. The molecule has 2 aromatic rings. The second-order valence-electron chi connectivity index (χ2n) is 9.00. The quantitative estimate of drug-likeness (QED) is 0.411. The third kappa shape index (κ3) is 5.19. The summed E-state index contributed by atoms with van der Waals surface area (Å²) in [5.41, 5.74) is 0.0802. The number of hydrogen-bond acceptors (Lipinski definition) is 3. The van der Waals surface area contributed by atoms with Gasteiger partial charge in [-0.1, -0.05) is 44.0 Å². The molecular weight excluding hydrogens is 459 g/mol. The molecule has 1 amide bonds. The maximum absolute atomic E-state index is 15.4. The van der Waals surface area contributed by atoms with E-state index in [0.717, 1.165) is 29.9 Å². The van der Waals surface area contributed by atoms with Crippen LogP contribution in [0.5, 0.6) is 0 Å². The number of nitrogens with zero attached hydrogens (tertiary/aromatic N) is 1. The molecular formula is C24H25F5N2OS. The van der Waals surface area contributed by atoms with Crippen molar-refractivity contribution in [1.29, 1.82) is 0 Å². The summed E-state index contributed by atoms with van der Waals surface area (Å²) in [6, 6.07) is 4.74. The molecule has 2 fully saturated rings. The number of carbonyl (C=O) groups is 1. The Labute approximate surface area is 193 Å². The normalized spacial score (nSPS) is 22.2. The van der Waals surface area contributed by atoms with E-state index in [0.29, 0.717) is 6.07 Å². The molecule has 1 N–H and O–H groups in total. The van der Waals surface area contributed by atoms with Crippen molar-refractivity contribution in [1.82, 2.24) is 9.62 Å². The molecule has 2 aliphatic rings. The molecule has 1 aliphatic carbocycles. The second-order valence-corrected chi connectivity index (χ2v) is 10.1. The van der Waals surface area contributed by atoms with Gasteiger partial charge in [0.05, 0.1) is 12.6 Å². The van der Waals surface area contributed by atoms with Gasteiger partial charge >= 0.3 is 0 Å². The standard InChI is InChI=1S/C24H25F5N2OS/c1-13(2)23(32)31-12-24(28,29)22(30-33-18-6-7-18)20(31)10-14-4-3-5-19(21(14)27)15-8-16(25)11-17(26)9-15/h3-5,8-9,11,13,18,20,22,30H,6-7,10,12H2,1-2H3. The van der Waals surface area contributed by atoms with E-state index in [4.69, 9.17) is 0 Å². The fourth-order valence-corrected chi connectivity index (χ4v) is 5.16. The van der Waals surface area contributed by atoms with Crippen molar-refractivity contribution >= 4 is 17.9 Å². The number of rotatable bonds is 7. The fourth-order valence-electron chi connectivity index (χ4n) is 4.12. The maximum atomic E-state index is 15.4. The molecule has 2 aromatic carbocycles. The largest absolute Gasteiger partial charge is 0.331 e. The van der Waals surface area contributed by atoms with E-state index in [1.165, 1.54) is 30.1 Å². The summed E-state index contributed by atoms with van der Waals surface area (Å²) >= 11 is 1.24. The lowest BCUT2D eigenvalue weighted by Gasteiger charge is -2.29. The SMILES string of the molecule is CC(C)C(=O)N1CC(F)(F)C(NSC2CC2)C1Cc1cccc(-c2cc(F)cc(F)c2)c1F. The smallest absolute Gasteiger partial charge is 0.283 e. The topological polar surface area (TPSA) is 32.3 Å². The van der Waals surface area contributed by atoms with E-state index < -0.39 is 53.8 Å². The second kappa shape index (κ2) is 9.25. The Hall–Kier alpha value is -2.13. The first-order valence-corrected chi connectivity index (χ1v) is 11.8. The van der Waals surface area contributed by atoms with Crippen LogP contribution in [0.1, 0.15) is 32.3 Å². The monoisotopic (exact) mass is 484 g/mol. The molecule has 0 aromatic heterocycles. The number of alkyl halides is 2. The highest BCUT2D eigenvalue weighted by Crippen LogP contribution is 2.40. The van der Waals surface area contributed by atoms with Crippen molar-refractivity contribution in [3.63, 3.8) is 0 Å². The van der Waals surface area contributed by atoms with Crippen LogP contribution in [0.2, 0.25) is 0 Å². The highest BCUT2D eigenvalue weighted by molar-refractivity contribution is 7.98. The predicted molar refractivity (Wildman–Crippen MR) is 118 cm³/mol. The number of halogens is 5. The van der Waals surface area contributed by atoms with Gasteiger partial charge in [-0.15, -0.1) is 0 Å². The molecule has 178 valence electrons. The van der Waals surface area contributed by atoms with Crippen LogP contribution in [0, 0.1) is 23.4 Å². The van der Waals surface area contributed by atoms with Crippen LogP contribution in [0.15, 0.2) is 36.4 Å². The van der Waals surface area contributed by atoms with E-state index in [1.54, 1.807) is 13.8 Å². The van der Waals surface area contributed by atoms with Gasteiger partial charge in [-0.3, -0.25) is 9.52 Å². The minimum Gasteiger partial charge on any atom is -0.331 e. The minimum atomic E-state index is -3.18. The fraction of sp³-hybridized carbons (Fsp3) is 0.458. The van der Waals surface area contributed by atoms with Crippen LogP contribution < -0.4 is 4.72 Å². The van der Waals surface area contributed by atoms with Crippen molar-refractivity contribution in [2.75, 3.05) is 6.54 Å². The van der Waals surface area contributed by atoms with Gasteiger partial charge in [-0.25, -0.2) is 22.0 Å². The highest BCUT2D eigenvalue weighted by Gasteiger charge is 2.56. The van der Waals surface area contributed by atoms with Crippen LogP contribution in [0.4, 0.5) is 22.0 Å². The summed E-state index contributed by atoms with van der Waals surface area (Å²) in [5, 5.41) is 0.263. The van der Waals surface area contributed by atoms with Gasteiger partial charge in [-0.05, 0) is 42.5 Å². The Morgan fingerprint density at radius 3 is 2.42 bits per heavy atom. The van der Waals surface area contributed by atoms with Gasteiger partial charge in [0.2, 0.25) is 5.91 Å². The lowest BCUT2D eigenvalue weighted by atomic mass is 9.95. The third-order valence-corrected chi connectivity index (χ3v) is 7.16. The highest BCUT2D eigenvalue weighted by atomic mass is 32.2. The first-order valence-electron chi connectivity index (χ1n) is 10.9. The molecule has 9 heteroatoms. The first-order chi connectivity index (χ1) is 15.6. The van der Waals surface area contributed by atoms with Gasteiger partial charge in [-0.2, -0.15) is 0 Å². The van der Waals surface area contributed by atoms with Crippen molar-refractivity contribution in [2.45, 2.75) is 56.4 Å². The van der Waals surface area contributed by atoms with E-state index in [9.17, 15) is 22.4 Å². The summed E-state index contributed by atoms with van der Waals surface area (Å²) in [6.07, 6.45) is 1.72. The van der Waals surface area contributed by atoms with Crippen molar-refractivity contribution in [3.05, 3.63) is 59.4 Å². The minimum absolute atomic E-state index is 0.0117. The molecule has 1 saturated heterocycles. The van der Waals surface area contributed by atoms with Gasteiger partial charge in [0.1, 0.15) is 23.5 Å². The van der Waals surface area contributed by atoms with Crippen molar-refractivity contribution < 1.29 is 26.7 Å². The van der Waals surface area contributed by atoms with Gasteiger partial charge in [0, 0.05) is 22.8 Å². The van der Waals surface area contributed by atoms with Crippen LogP contribution in [-0.2, 0) is 11.2 Å². The number of carbonyl (C=O) groups excluding carboxylic acids is 1. The molecule has 0 bridgehead atoms. The lowest BCUT2D eigenvalue weighted by Crippen LogP contribution is -2.48. The Balaban J connectivity index is 1.68. The molecule has 4 rings (SSSR count). The molecule has 33 heavy (non-hydrogen) atoms. The van der Waals surface area contributed by atoms with Gasteiger partial charge in [0.25, 0.3) is 5.92 Å². The molecule has 0 radical (unpaired) electrons. The zero-order valence-electron chi connectivity index (χ0n) is 18.3. The summed E-state index contributed by atoms with van der Waals surface area (Å²) in [5.74, 6) is -6.55. The van der Waals surface area contributed by atoms with E-state index in [-0.39, 0.29) is 28.4 Å². The van der Waals surface area contributed by atoms with Gasteiger partial charge in [0.15, 0.2) is 0 Å². The van der Waals surface area contributed by atoms with Gasteiger partial charge < -0.3 is 4.90 Å². The number of amides is 1. The van der Waals surface area contributed by atoms with Crippen LogP contribution in [-0.4, -0.2) is 40.6 Å². The number of likely N-dealkylation sites (tertiary alicyclic amines) is 1. The Morgan fingerprint density at radius 2 is 1.82 bits per heavy atom. The summed E-state index contributed by atoms with van der Waals surface area (Å²) in [7, 11) is 0. The summed E-state index contributed by atoms with van der Waals surface area (Å²) in [6.45, 7) is 2.53. The lowest BCUT2D eigenvalue weighted by molar-refractivity contribution is -0.136. The Bertz CT molecular complexity index is 1020. The number of hydrogen-bond donors (Lipinski definition) is 1. The van der Waals surface area contributed by atoms with Crippen molar-refractivity contribution in [2.24, 2.45) is 5.92 Å². The van der Waals surface area contributed by atoms with Crippen LogP contribution >= 0.6 is 11.9 Å². The van der Waals surface area contributed by atoms with Crippen LogP contribution in [0.3, 0.4) is 0 Å². The Kier molecular flexibility index (Phi) is 6.73. The van der Waals surface area contributed by atoms with E-state index in [2.05, 4.69) is 4.72 Å². The summed E-state index contributed by atoms with van der Waals surface area (Å²) < 4.78 is 75.7. The molecule has 2 unspecified atom stereocenters. The Morgan fingerprint density at radius 1 is 1.15 bits per heavy atom. The third-order valence-electron chi connectivity index (χ3n) is 5.97. The van der Waals surface area contributed by atoms with Crippen LogP contribution in [0.25, 0.3) is 11.1 Å². The average Bonchev–Trinajstić information content (AvgIpc) is 3.51. The van der Waals surface area contributed by atoms with E-state index >= 15 is 4.39 Å². The first kappa shape index (κ1) is 24.0. The molecule has 1 aliphatic heterocycles. The molecule has 3 nitrogen and oxygen atoms in total. The number of nitrogens with one attached hydrogen (secondary N) is 1. The van der Waals surface area contributed by atoms with E-state index in [1.807, 2.05) is 0 Å². The molecule has 0 spiro atoms. The molecule has 1 saturated carbocycles. The average molecular weight is 485 g/mol. The molecule has 1 heterocycles. The predicted octanol–water partition coefficient (Wildman–Crippen LogP) is 5.58. The maximum Gasteiger partial charge on any atom is 0.283 e. The van der Waals surface area contributed by atoms with Crippen molar-refractivity contribution in [3.8, 4) is 11.1 Å². The zero-order chi connectivity index (χ0) is 23.9. The number of benzene rings is 2. The summed E-state index contributed by atoms with van der Waals surface area (Å²) in [4.78, 5) is 13.9. The zero-order valence-corrected chi connectivity index (χ0v) is 19.1.